The summed E-state index contributed by atoms with van der Waals surface area (Å²) in [6.07, 6.45) is 6.23. The second-order valence-corrected chi connectivity index (χ2v) is 6.44. The molecule has 0 unspecified atom stereocenters. The van der Waals surface area contributed by atoms with Crippen molar-refractivity contribution in [2.45, 2.75) is 19.4 Å². The van der Waals surface area contributed by atoms with E-state index < -0.39 is 0 Å². The number of aryl methyl sites for hydroxylation is 1. The lowest BCUT2D eigenvalue weighted by Gasteiger charge is -2.15. The predicted octanol–water partition coefficient (Wildman–Crippen LogP) is 3.11. The van der Waals surface area contributed by atoms with E-state index in [9.17, 15) is 4.79 Å². The van der Waals surface area contributed by atoms with Crippen LogP contribution in [0.1, 0.15) is 35.6 Å². The van der Waals surface area contributed by atoms with Crippen LogP contribution in [0.25, 0.3) is 16.7 Å². The van der Waals surface area contributed by atoms with Gasteiger partial charge in [0.2, 0.25) is 5.78 Å². The summed E-state index contributed by atoms with van der Waals surface area (Å²) in [5.41, 5.74) is 2.37. The van der Waals surface area contributed by atoms with E-state index in [-0.39, 0.29) is 11.9 Å². The van der Waals surface area contributed by atoms with Crippen LogP contribution in [0, 0.1) is 0 Å². The highest BCUT2D eigenvalue weighted by Crippen LogP contribution is 2.24. The number of carbonyl (C=O) groups excluding carboxylic acids is 1. The highest BCUT2D eigenvalue weighted by atomic mass is 16.5. The van der Waals surface area contributed by atoms with Crippen LogP contribution in [0.15, 0.2) is 48.9 Å². The number of hydrogen-bond acceptors (Lipinski definition) is 4. The highest BCUT2D eigenvalue weighted by Gasteiger charge is 2.20. The molecule has 3 aromatic heterocycles. The Morgan fingerprint density at radius 3 is 2.93 bits per heavy atom. The van der Waals surface area contributed by atoms with Gasteiger partial charge in [0.15, 0.2) is 0 Å². The monoisotopic (exact) mass is 363 g/mol. The van der Waals surface area contributed by atoms with Gasteiger partial charge in [-0.3, -0.25) is 9.20 Å². The maximum absolute atomic E-state index is 12.9. The second kappa shape index (κ2) is 6.75. The largest absolute Gasteiger partial charge is 0.497 e. The molecule has 0 aliphatic carbocycles. The number of carbonyl (C=O) groups is 1. The average Bonchev–Trinajstić information content (AvgIpc) is 3.26. The molecule has 3 heterocycles. The molecule has 0 saturated carbocycles. The van der Waals surface area contributed by atoms with Gasteiger partial charge in [0.05, 0.1) is 18.8 Å². The van der Waals surface area contributed by atoms with Crippen molar-refractivity contribution < 1.29 is 9.53 Å². The Hall–Kier alpha value is -3.35. The summed E-state index contributed by atoms with van der Waals surface area (Å²) in [5, 5.41) is 4.06. The summed E-state index contributed by atoms with van der Waals surface area (Å²) >= 11 is 0. The summed E-state index contributed by atoms with van der Waals surface area (Å²) in [5.74, 6) is 1.25. The van der Waals surface area contributed by atoms with Crippen molar-refractivity contribution in [1.82, 2.24) is 24.3 Å². The summed E-state index contributed by atoms with van der Waals surface area (Å²) < 4.78 is 9.02. The van der Waals surface area contributed by atoms with Crippen molar-refractivity contribution in [3.05, 3.63) is 60.3 Å². The number of fused-ring (bicyclic) bond motifs is 2. The van der Waals surface area contributed by atoms with Gasteiger partial charge in [-0.25, -0.2) is 9.97 Å². The van der Waals surface area contributed by atoms with E-state index in [0.29, 0.717) is 11.5 Å². The number of benzene rings is 1. The Bertz CT molecular complexity index is 1100. The number of nitrogens with zero attached hydrogens (tertiary/aromatic N) is 4. The molecule has 138 valence electrons. The molecule has 0 aliphatic heterocycles. The number of imidazole rings is 1. The normalized spacial score (nSPS) is 12.4. The molecular formula is C20H21N5O2. The Morgan fingerprint density at radius 1 is 1.33 bits per heavy atom. The van der Waals surface area contributed by atoms with Crippen LogP contribution in [0.3, 0.4) is 0 Å². The summed E-state index contributed by atoms with van der Waals surface area (Å²) in [6, 6.07) is 9.31. The van der Waals surface area contributed by atoms with E-state index >= 15 is 0 Å². The molecule has 4 rings (SSSR count). The number of hydrogen-bond donors (Lipinski definition) is 1. The molecule has 1 amide bonds. The first-order valence-electron chi connectivity index (χ1n) is 8.84. The second-order valence-electron chi connectivity index (χ2n) is 6.44. The zero-order valence-corrected chi connectivity index (χ0v) is 15.5. The molecular weight excluding hydrogens is 342 g/mol. The third-order valence-corrected chi connectivity index (χ3v) is 4.81. The molecule has 7 nitrogen and oxygen atoms in total. The molecule has 7 heteroatoms. The van der Waals surface area contributed by atoms with E-state index in [0.717, 1.165) is 28.8 Å². The van der Waals surface area contributed by atoms with Crippen LogP contribution in [0.2, 0.25) is 0 Å². The molecule has 0 saturated heterocycles. The van der Waals surface area contributed by atoms with Gasteiger partial charge < -0.3 is 14.6 Å². The first-order chi connectivity index (χ1) is 13.1. The van der Waals surface area contributed by atoms with Gasteiger partial charge >= 0.3 is 0 Å². The molecule has 0 fully saturated rings. The Balaban J connectivity index is 1.63. The molecule has 1 atom stereocenters. The summed E-state index contributed by atoms with van der Waals surface area (Å²) in [7, 11) is 3.52. The van der Waals surface area contributed by atoms with Crippen LogP contribution in [0.5, 0.6) is 5.75 Å². The standard InChI is InChI=1S/C20H21N5O2/c1-4-15(16-12-25-9-5-8-21-20(25)23-16)22-19(26)18-11-13-10-14(27-3)6-7-17(13)24(18)2/h5-12,15H,4H2,1-3H3,(H,22,26)/t15-/m1/s1. The third-order valence-electron chi connectivity index (χ3n) is 4.81. The van der Waals surface area contributed by atoms with E-state index in [2.05, 4.69) is 15.3 Å². The van der Waals surface area contributed by atoms with E-state index in [1.807, 2.05) is 65.7 Å². The minimum Gasteiger partial charge on any atom is -0.497 e. The van der Waals surface area contributed by atoms with E-state index in [1.165, 1.54) is 0 Å². The Kier molecular flexibility index (Phi) is 4.27. The fourth-order valence-electron chi connectivity index (χ4n) is 3.31. The number of aromatic nitrogens is 4. The maximum atomic E-state index is 12.9. The van der Waals surface area contributed by atoms with Gasteiger partial charge in [-0.05, 0) is 36.8 Å². The van der Waals surface area contributed by atoms with Gasteiger partial charge in [-0.2, -0.15) is 0 Å². The molecule has 0 spiro atoms. The summed E-state index contributed by atoms with van der Waals surface area (Å²) in [6.45, 7) is 2.02. The third kappa shape index (κ3) is 3.01. The number of nitrogens with one attached hydrogen (secondary N) is 1. The summed E-state index contributed by atoms with van der Waals surface area (Å²) in [4.78, 5) is 21.7. The van der Waals surface area contributed by atoms with Crippen molar-refractivity contribution in [3.63, 3.8) is 0 Å². The van der Waals surface area contributed by atoms with Gasteiger partial charge in [0.1, 0.15) is 11.4 Å². The molecule has 1 N–H and O–H groups in total. The van der Waals surface area contributed by atoms with Crippen molar-refractivity contribution in [2.24, 2.45) is 7.05 Å². The fraction of sp³-hybridized carbons (Fsp3) is 0.250. The zero-order chi connectivity index (χ0) is 19.0. The quantitative estimate of drug-likeness (QED) is 0.591. The van der Waals surface area contributed by atoms with Gasteiger partial charge in [-0.15, -0.1) is 0 Å². The van der Waals surface area contributed by atoms with Gasteiger partial charge in [-0.1, -0.05) is 6.92 Å². The number of amides is 1. The number of rotatable bonds is 5. The van der Waals surface area contributed by atoms with Crippen LogP contribution in [-0.4, -0.2) is 32.0 Å². The van der Waals surface area contributed by atoms with Crippen LogP contribution in [0.4, 0.5) is 0 Å². The predicted molar refractivity (Wildman–Crippen MR) is 103 cm³/mol. The first kappa shape index (κ1) is 17.1. The van der Waals surface area contributed by atoms with Crippen LogP contribution >= 0.6 is 0 Å². The van der Waals surface area contributed by atoms with Crippen molar-refractivity contribution in [1.29, 1.82) is 0 Å². The van der Waals surface area contributed by atoms with Crippen molar-refractivity contribution in [3.8, 4) is 5.75 Å². The average molecular weight is 363 g/mol. The first-order valence-corrected chi connectivity index (χ1v) is 8.84. The molecule has 0 aliphatic rings. The molecule has 4 aromatic rings. The van der Waals surface area contributed by atoms with Crippen LogP contribution in [-0.2, 0) is 7.05 Å². The van der Waals surface area contributed by atoms with E-state index in [4.69, 9.17) is 4.74 Å². The van der Waals surface area contributed by atoms with Crippen molar-refractivity contribution >= 4 is 22.6 Å². The number of ether oxygens (including phenoxy) is 1. The minimum absolute atomic E-state index is 0.135. The van der Waals surface area contributed by atoms with Gasteiger partial charge in [0, 0.05) is 36.5 Å². The fourth-order valence-corrected chi connectivity index (χ4v) is 3.31. The van der Waals surface area contributed by atoms with Crippen LogP contribution < -0.4 is 10.1 Å². The topological polar surface area (TPSA) is 73.5 Å². The SMILES string of the molecule is CC[C@@H](NC(=O)c1cc2cc(OC)ccc2n1C)c1cn2cccnc2n1. The lowest BCUT2D eigenvalue weighted by Crippen LogP contribution is -2.29. The zero-order valence-electron chi connectivity index (χ0n) is 15.5. The molecule has 27 heavy (non-hydrogen) atoms. The Labute approximate surface area is 156 Å². The Morgan fingerprint density at radius 2 is 2.19 bits per heavy atom. The number of methoxy groups -OCH3 is 1. The maximum Gasteiger partial charge on any atom is 0.268 e. The van der Waals surface area contributed by atoms with E-state index in [1.54, 1.807) is 13.3 Å². The van der Waals surface area contributed by atoms with Crippen molar-refractivity contribution in [2.75, 3.05) is 7.11 Å². The lowest BCUT2D eigenvalue weighted by molar-refractivity contribution is 0.0927. The lowest BCUT2D eigenvalue weighted by atomic mass is 10.1. The molecule has 0 radical (unpaired) electrons. The smallest absolute Gasteiger partial charge is 0.268 e. The molecule has 0 bridgehead atoms. The highest BCUT2D eigenvalue weighted by molar-refractivity contribution is 5.99. The van der Waals surface area contributed by atoms with Gasteiger partial charge in [0.25, 0.3) is 5.91 Å². The molecule has 1 aromatic carbocycles. The minimum atomic E-state index is -0.188.